The molecule has 116 valence electrons. The lowest BCUT2D eigenvalue weighted by atomic mass is 9.93. The zero-order chi connectivity index (χ0) is 15.8. The Morgan fingerprint density at radius 3 is 2.70 bits per heavy atom. The quantitative estimate of drug-likeness (QED) is 0.865. The van der Waals surface area contributed by atoms with Gasteiger partial charge < -0.3 is 9.47 Å². The van der Waals surface area contributed by atoms with Gasteiger partial charge in [-0.25, -0.2) is 0 Å². The van der Waals surface area contributed by atoms with Gasteiger partial charge in [-0.2, -0.15) is 5.10 Å². The predicted octanol–water partition coefficient (Wildman–Crippen LogP) is 3.87. The number of nitrogens with one attached hydrogen (secondary N) is 1. The lowest BCUT2D eigenvalue weighted by Gasteiger charge is -2.17. The van der Waals surface area contributed by atoms with E-state index in [1.807, 2.05) is 42.6 Å². The van der Waals surface area contributed by atoms with Gasteiger partial charge in [0.2, 0.25) is 6.79 Å². The Hall–Kier alpha value is -2.46. The minimum atomic E-state index is 0.254. The average Bonchev–Trinajstić information content (AvgIpc) is 2.98. The number of ether oxygens (including phenoxy) is 2. The fraction of sp³-hybridized carbons (Fsp3) is 0.167. The largest absolute Gasteiger partial charge is 0.454 e. The summed E-state index contributed by atoms with van der Waals surface area (Å²) < 4.78 is 11.0. The lowest BCUT2D eigenvalue weighted by molar-refractivity contribution is 0.174. The molecule has 2 aliphatic rings. The van der Waals surface area contributed by atoms with Crippen molar-refractivity contribution in [2.45, 2.75) is 13.3 Å². The van der Waals surface area contributed by atoms with Crippen LogP contribution in [0.25, 0.3) is 0 Å². The maximum atomic E-state index is 6.38. The van der Waals surface area contributed by atoms with E-state index in [2.05, 4.69) is 17.5 Å². The number of halogens is 1. The van der Waals surface area contributed by atoms with Crippen LogP contribution in [-0.4, -0.2) is 12.5 Å². The van der Waals surface area contributed by atoms with Crippen LogP contribution in [0.3, 0.4) is 0 Å². The van der Waals surface area contributed by atoms with Crippen LogP contribution in [0.4, 0.5) is 0 Å². The Morgan fingerprint density at radius 1 is 1.09 bits per heavy atom. The molecule has 0 aliphatic carbocycles. The van der Waals surface area contributed by atoms with Gasteiger partial charge in [-0.1, -0.05) is 35.4 Å². The van der Waals surface area contributed by atoms with Gasteiger partial charge in [0.1, 0.15) is 0 Å². The van der Waals surface area contributed by atoms with E-state index in [-0.39, 0.29) is 6.79 Å². The van der Waals surface area contributed by atoms with Gasteiger partial charge in [-0.05, 0) is 37.1 Å². The van der Waals surface area contributed by atoms with Crippen molar-refractivity contribution >= 4 is 17.3 Å². The molecule has 23 heavy (non-hydrogen) atoms. The van der Waals surface area contributed by atoms with Gasteiger partial charge in [0.15, 0.2) is 11.5 Å². The van der Waals surface area contributed by atoms with Crippen molar-refractivity contribution in [3.05, 3.63) is 69.9 Å². The maximum absolute atomic E-state index is 6.38. The molecule has 0 saturated heterocycles. The molecule has 0 unspecified atom stereocenters. The third-order valence-corrected chi connectivity index (χ3v) is 4.27. The summed E-state index contributed by atoms with van der Waals surface area (Å²) in [5.74, 6) is 1.52. The first kappa shape index (κ1) is 14.2. The third-order valence-electron chi connectivity index (χ3n) is 3.94. The summed E-state index contributed by atoms with van der Waals surface area (Å²) in [6, 6.07) is 11.7. The van der Waals surface area contributed by atoms with Crippen molar-refractivity contribution in [3.8, 4) is 11.5 Å². The molecule has 5 heteroatoms. The molecule has 2 aromatic carbocycles. The topological polar surface area (TPSA) is 42.9 Å². The number of hydrazone groups is 1. The molecule has 0 spiro atoms. The number of rotatable bonds is 1. The van der Waals surface area contributed by atoms with Gasteiger partial charge in [0, 0.05) is 17.3 Å². The second-order valence-corrected chi connectivity index (χ2v) is 6.01. The highest BCUT2D eigenvalue weighted by Crippen LogP contribution is 2.37. The average molecular weight is 327 g/mol. The molecule has 1 N–H and O–H groups in total. The second-order valence-electron chi connectivity index (χ2n) is 5.60. The Kier molecular flexibility index (Phi) is 3.46. The molecule has 2 aromatic rings. The molecule has 2 heterocycles. The summed E-state index contributed by atoms with van der Waals surface area (Å²) in [5.41, 5.74) is 8.03. The lowest BCUT2D eigenvalue weighted by Crippen LogP contribution is -2.15. The zero-order valence-corrected chi connectivity index (χ0v) is 13.4. The molecule has 4 rings (SSSR count). The van der Waals surface area contributed by atoms with E-state index in [9.17, 15) is 0 Å². The van der Waals surface area contributed by atoms with Crippen LogP contribution in [0.1, 0.15) is 23.6 Å². The number of hydrogen-bond acceptors (Lipinski definition) is 4. The summed E-state index contributed by atoms with van der Waals surface area (Å²) in [6.07, 6.45) is 2.72. The summed E-state index contributed by atoms with van der Waals surface area (Å²) in [7, 11) is 0. The molecule has 0 amide bonds. The van der Waals surface area contributed by atoms with Crippen molar-refractivity contribution < 1.29 is 9.47 Å². The normalized spacial score (nSPS) is 20.3. The van der Waals surface area contributed by atoms with Gasteiger partial charge in [0.05, 0.1) is 10.7 Å². The van der Waals surface area contributed by atoms with Gasteiger partial charge in [0.25, 0.3) is 0 Å². The smallest absolute Gasteiger partial charge is 0.231 e. The zero-order valence-electron chi connectivity index (χ0n) is 12.6. The molecule has 4 nitrogen and oxygen atoms in total. The Morgan fingerprint density at radius 2 is 1.87 bits per heavy atom. The van der Waals surface area contributed by atoms with E-state index in [4.69, 9.17) is 21.1 Å². The van der Waals surface area contributed by atoms with E-state index in [1.54, 1.807) is 0 Å². The van der Waals surface area contributed by atoms with E-state index in [1.165, 1.54) is 5.57 Å². The fourth-order valence-corrected chi connectivity index (χ4v) is 3.05. The number of fused-ring (bicyclic) bond motifs is 2. The molecule has 0 fully saturated rings. The molecule has 0 aromatic heterocycles. The standard InChI is InChI=1S/C18H15ClN2O2/c1-11-6-12-7-16-17(23-10-22-16)8-14(12)18(21-20-9-11)13-4-2-3-5-15(13)19/h2-5,7-9,20H,6,10H2,1H3/b11-9-,21-18-. The van der Waals surface area contributed by atoms with Crippen molar-refractivity contribution in [1.29, 1.82) is 0 Å². The second kappa shape index (κ2) is 5.63. The van der Waals surface area contributed by atoms with Gasteiger partial charge >= 0.3 is 0 Å². The highest BCUT2D eigenvalue weighted by atomic mass is 35.5. The molecular weight excluding hydrogens is 312 g/mol. The molecular formula is C18H15ClN2O2. The Balaban J connectivity index is 1.94. The fourth-order valence-electron chi connectivity index (χ4n) is 2.83. The van der Waals surface area contributed by atoms with Crippen LogP contribution >= 0.6 is 11.6 Å². The maximum Gasteiger partial charge on any atom is 0.231 e. The van der Waals surface area contributed by atoms with Crippen molar-refractivity contribution in [3.63, 3.8) is 0 Å². The van der Waals surface area contributed by atoms with E-state index < -0.39 is 0 Å². The summed E-state index contributed by atoms with van der Waals surface area (Å²) in [6.45, 7) is 2.32. The summed E-state index contributed by atoms with van der Waals surface area (Å²) in [5, 5.41) is 5.21. The number of hydrogen-bond donors (Lipinski definition) is 1. The molecule has 0 saturated carbocycles. The van der Waals surface area contributed by atoms with Gasteiger partial charge in [-0.3, -0.25) is 5.43 Å². The SMILES string of the molecule is C/C1=C/N/N=C(/c2ccccc2Cl)c2cc3c(cc2C1)OCO3. The Bertz CT molecular complexity index is 843. The number of allylic oxidation sites excluding steroid dienone is 1. The first-order valence-corrected chi connectivity index (χ1v) is 7.77. The van der Waals surface area contributed by atoms with Crippen molar-refractivity contribution in [2.24, 2.45) is 5.10 Å². The minimum Gasteiger partial charge on any atom is -0.454 e. The highest BCUT2D eigenvalue weighted by Gasteiger charge is 2.22. The van der Waals surface area contributed by atoms with E-state index in [0.717, 1.165) is 40.3 Å². The summed E-state index contributed by atoms with van der Waals surface area (Å²) >= 11 is 6.38. The van der Waals surface area contributed by atoms with Crippen LogP contribution in [0.15, 0.2) is 53.3 Å². The monoisotopic (exact) mass is 326 g/mol. The highest BCUT2D eigenvalue weighted by molar-refractivity contribution is 6.35. The third kappa shape index (κ3) is 2.55. The summed E-state index contributed by atoms with van der Waals surface area (Å²) in [4.78, 5) is 0. The van der Waals surface area contributed by atoms with Gasteiger partial charge in [-0.15, -0.1) is 0 Å². The predicted molar refractivity (Wildman–Crippen MR) is 90.3 cm³/mol. The van der Waals surface area contributed by atoms with Crippen LogP contribution in [0.5, 0.6) is 11.5 Å². The van der Waals surface area contributed by atoms with E-state index >= 15 is 0 Å². The number of nitrogens with zero attached hydrogens (tertiary/aromatic N) is 1. The van der Waals surface area contributed by atoms with Crippen LogP contribution < -0.4 is 14.9 Å². The first-order valence-electron chi connectivity index (χ1n) is 7.39. The Labute approximate surface area is 139 Å². The van der Waals surface area contributed by atoms with E-state index in [0.29, 0.717) is 5.02 Å². The minimum absolute atomic E-state index is 0.254. The molecule has 0 bridgehead atoms. The molecule has 2 aliphatic heterocycles. The molecule has 0 radical (unpaired) electrons. The van der Waals surface area contributed by atoms with Crippen LogP contribution in [0.2, 0.25) is 5.02 Å². The van der Waals surface area contributed by atoms with Crippen LogP contribution in [-0.2, 0) is 6.42 Å². The molecule has 0 atom stereocenters. The van der Waals surface area contributed by atoms with Crippen molar-refractivity contribution in [2.75, 3.05) is 6.79 Å². The first-order chi connectivity index (χ1) is 11.2. The number of benzene rings is 2. The van der Waals surface area contributed by atoms with Crippen LogP contribution in [0, 0.1) is 0 Å². The van der Waals surface area contributed by atoms with Crippen molar-refractivity contribution in [1.82, 2.24) is 5.43 Å².